The lowest BCUT2D eigenvalue weighted by Gasteiger charge is -2.22. The van der Waals surface area contributed by atoms with Crippen LogP contribution < -0.4 is 0 Å². The molecule has 0 saturated carbocycles. The number of fused-ring (bicyclic) bond motifs is 4. The minimum Gasteiger partial charge on any atom is -0.248 e. The van der Waals surface area contributed by atoms with Crippen molar-refractivity contribution in [2.45, 2.75) is 40.0 Å². The number of thiophene rings is 1. The van der Waals surface area contributed by atoms with Crippen LogP contribution in [-0.4, -0.2) is 4.98 Å². The Labute approximate surface area is 176 Å². The summed E-state index contributed by atoms with van der Waals surface area (Å²) in [5.41, 5.74) is 7.30. The van der Waals surface area contributed by atoms with Crippen LogP contribution >= 0.6 is 11.3 Å². The van der Waals surface area contributed by atoms with E-state index in [0.717, 1.165) is 11.2 Å². The predicted octanol–water partition coefficient (Wildman–Crippen LogP) is 8.18. The number of hydrogen-bond donors (Lipinski definition) is 0. The predicted molar refractivity (Wildman–Crippen MR) is 128 cm³/mol. The van der Waals surface area contributed by atoms with Crippen molar-refractivity contribution in [2.24, 2.45) is 0 Å². The van der Waals surface area contributed by atoms with Gasteiger partial charge in [0.2, 0.25) is 0 Å². The zero-order valence-electron chi connectivity index (χ0n) is 17.6. The van der Waals surface area contributed by atoms with E-state index in [4.69, 9.17) is 4.98 Å². The Kier molecular flexibility index (Phi) is 4.04. The van der Waals surface area contributed by atoms with Gasteiger partial charge in [-0.3, -0.25) is 0 Å². The van der Waals surface area contributed by atoms with Crippen molar-refractivity contribution in [2.75, 3.05) is 0 Å². The molecule has 3 aromatic carbocycles. The lowest BCUT2D eigenvalue weighted by Crippen LogP contribution is -2.12. The first-order chi connectivity index (χ1) is 13.8. The van der Waals surface area contributed by atoms with E-state index in [2.05, 4.69) is 95.3 Å². The van der Waals surface area contributed by atoms with Gasteiger partial charge in [0.1, 0.15) is 0 Å². The SMILES string of the molecule is Cc1cc(C)cc(-c2cc(C(C)(C)C)c3cc4c(cc3n2)sc2ccccc24)c1. The summed E-state index contributed by atoms with van der Waals surface area (Å²) in [6.07, 6.45) is 0. The number of aryl methyl sites for hydroxylation is 2. The fraction of sp³-hybridized carbons (Fsp3) is 0.222. The Hall–Kier alpha value is -2.71. The Bertz CT molecular complexity index is 1380. The van der Waals surface area contributed by atoms with Gasteiger partial charge in [0.05, 0.1) is 11.2 Å². The molecule has 0 fully saturated rings. The third kappa shape index (κ3) is 3.12. The first-order valence-corrected chi connectivity index (χ1v) is 11.0. The zero-order valence-corrected chi connectivity index (χ0v) is 18.4. The van der Waals surface area contributed by atoms with Crippen molar-refractivity contribution in [3.05, 3.63) is 77.4 Å². The highest BCUT2D eigenvalue weighted by Crippen LogP contribution is 2.40. The summed E-state index contributed by atoms with van der Waals surface area (Å²) >= 11 is 1.86. The van der Waals surface area contributed by atoms with Gasteiger partial charge in [-0.1, -0.05) is 56.2 Å². The van der Waals surface area contributed by atoms with Crippen molar-refractivity contribution in [3.8, 4) is 11.3 Å². The van der Waals surface area contributed by atoms with Gasteiger partial charge in [0.25, 0.3) is 0 Å². The summed E-state index contributed by atoms with van der Waals surface area (Å²) in [6.45, 7) is 11.2. The number of rotatable bonds is 1. The summed E-state index contributed by atoms with van der Waals surface area (Å²) in [7, 11) is 0. The van der Waals surface area contributed by atoms with Gasteiger partial charge in [-0.25, -0.2) is 4.98 Å². The molecule has 0 spiro atoms. The standard InChI is InChI=1S/C27H25NS/c1-16-10-17(2)12-18(11-16)23-14-22(27(3,4)5)21-13-20-19-8-6-7-9-25(19)29-26(20)15-24(21)28-23/h6-15H,1-5H3. The van der Waals surface area contributed by atoms with Crippen LogP contribution in [0, 0.1) is 13.8 Å². The maximum absolute atomic E-state index is 5.13. The quantitative estimate of drug-likeness (QED) is 0.279. The van der Waals surface area contributed by atoms with Gasteiger partial charge in [-0.15, -0.1) is 11.3 Å². The minimum atomic E-state index is 0.0360. The first-order valence-electron chi connectivity index (χ1n) is 10.1. The second kappa shape index (κ2) is 6.40. The van der Waals surface area contributed by atoms with E-state index in [9.17, 15) is 0 Å². The first kappa shape index (κ1) is 18.3. The molecule has 29 heavy (non-hydrogen) atoms. The van der Waals surface area contributed by atoms with E-state index in [1.165, 1.54) is 47.8 Å². The van der Waals surface area contributed by atoms with Crippen LogP contribution in [0.5, 0.6) is 0 Å². The fourth-order valence-corrected chi connectivity index (χ4v) is 5.46. The highest BCUT2D eigenvalue weighted by molar-refractivity contribution is 7.25. The van der Waals surface area contributed by atoms with Gasteiger partial charge in [-0.2, -0.15) is 0 Å². The summed E-state index contributed by atoms with van der Waals surface area (Å²) in [5.74, 6) is 0. The molecule has 2 heteroatoms. The van der Waals surface area contributed by atoms with Crippen LogP contribution in [0.2, 0.25) is 0 Å². The fourth-order valence-electron chi connectivity index (χ4n) is 4.34. The van der Waals surface area contributed by atoms with Crippen LogP contribution in [0.3, 0.4) is 0 Å². The molecular weight excluding hydrogens is 370 g/mol. The Balaban J connectivity index is 1.88. The number of benzene rings is 3. The molecule has 144 valence electrons. The molecule has 0 radical (unpaired) electrons. The van der Waals surface area contributed by atoms with E-state index < -0.39 is 0 Å². The van der Waals surface area contributed by atoms with Crippen molar-refractivity contribution in [3.63, 3.8) is 0 Å². The molecule has 2 aromatic heterocycles. The Morgan fingerprint density at radius 3 is 2.17 bits per heavy atom. The minimum absolute atomic E-state index is 0.0360. The monoisotopic (exact) mass is 395 g/mol. The molecule has 0 amide bonds. The molecule has 0 saturated heterocycles. The van der Waals surface area contributed by atoms with Gasteiger partial charge >= 0.3 is 0 Å². The van der Waals surface area contributed by atoms with Gasteiger partial charge in [0, 0.05) is 31.1 Å². The van der Waals surface area contributed by atoms with Gasteiger partial charge in [-0.05, 0) is 61.2 Å². The highest BCUT2D eigenvalue weighted by Gasteiger charge is 2.20. The van der Waals surface area contributed by atoms with Crippen molar-refractivity contribution in [1.29, 1.82) is 0 Å². The molecule has 0 aliphatic carbocycles. The van der Waals surface area contributed by atoms with Crippen LogP contribution in [0.15, 0.2) is 60.7 Å². The second-order valence-electron chi connectivity index (χ2n) is 9.15. The number of pyridine rings is 1. The smallest absolute Gasteiger partial charge is 0.0727 e. The number of hydrogen-bond acceptors (Lipinski definition) is 2. The molecule has 0 bridgehead atoms. The zero-order chi connectivity index (χ0) is 20.3. The van der Waals surface area contributed by atoms with Crippen LogP contribution in [0.25, 0.3) is 42.3 Å². The third-order valence-corrected chi connectivity index (χ3v) is 6.77. The van der Waals surface area contributed by atoms with Gasteiger partial charge in [0.15, 0.2) is 0 Å². The number of nitrogens with zero attached hydrogens (tertiary/aromatic N) is 1. The molecule has 5 aromatic rings. The molecule has 2 heterocycles. The molecule has 0 aliphatic heterocycles. The molecule has 0 atom stereocenters. The summed E-state index contributed by atoms with van der Waals surface area (Å²) in [4.78, 5) is 5.13. The van der Waals surface area contributed by atoms with E-state index in [-0.39, 0.29) is 5.41 Å². The van der Waals surface area contributed by atoms with Crippen LogP contribution in [0.4, 0.5) is 0 Å². The summed E-state index contributed by atoms with van der Waals surface area (Å²) < 4.78 is 2.65. The van der Waals surface area contributed by atoms with Crippen LogP contribution in [-0.2, 0) is 5.41 Å². The average Bonchev–Trinajstić information content (AvgIpc) is 3.01. The highest BCUT2D eigenvalue weighted by atomic mass is 32.1. The van der Waals surface area contributed by atoms with Crippen molar-refractivity contribution >= 4 is 42.4 Å². The van der Waals surface area contributed by atoms with E-state index >= 15 is 0 Å². The molecule has 0 N–H and O–H groups in total. The van der Waals surface area contributed by atoms with Crippen LogP contribution in [0.1, 0.15) is 37.5 Å². The summed E-state index contributed by atoms with van der Waals surface area (Å²) in [6, 6.07) is 22.3. The molecular formula is C27H25NS. The normalized spacial score (nSPS) is 12.3. The van der Waals surface area contributed by atoms with Gasteiger partial charge < -0.3 is 0 Å². The summed E-state index contributed by atoms with van der Waals surface area (Å²) in [5, 5.41) is 3.94. The largest absolute Gasteiger partial charge is 0.248 e. The molecule has 0 aliphatic rings. The average molecular weight is 396 g/mol. The number of aromatic nitrogens is 1. The topological polar surface area (TPSA) is 12.9 Å². The molecule has 0 unspecified atom stereocenters. The molecule has 5 rings (SSSR count). The lowest BCUT2D eigenvalue weighted by molar-refractivity contribution is 0.595. The van der Waals surface area contributed by atoms with E-state index in [1.54, 1.807) is 0 Å². The lowest BCUT2D eigenvalue weighted by atomic mass is 9.83. The second-order valence-corrected chi connectivity index (χ2v) is 10.2. The van der Waals surface area contributed by atoms with Crippen molar-refractivity contribution in [1.82, 2.24) is 4.98 Å². The Morgan fingerprint density at radius 2 is 1.45 bits per heavy atom. The van der Waals surface area contributed by atoms with E-state index in [1.807, 2.05) is 11.3 Å². The molecule has 1 nitrogen and oxygen atoms in total. The van der Waals surface area contributed by atoms with Crippen molar-refractivity contribution < 1.29 is 0 Å². The maximum Gasteiger partial charge on any atom is 0.0727 e. The third-order valence-electron chi connectivity index (χ3n) is 5.63. The van der Waals surface area contributed by atoms with E-state index in [0.29, 0.717) is 0 Å². The Morgan fingerprint density at radius 1 is 0.724 bits per heavy atom. The maximum atomic E-state index is 5.13.